The van der Waals surface area contributed by atoms with Gasteiger partial charge in [-0.1, -0.05) is 72.9 Å². The van der Waals surface area contributed by atoms with Crippen molar-refractivity contribution in [1.82, 2.24) is 21.3 Å². The summed E-state index contributed by atoms with van der Waals surface area (Å²) in [5.41, 5.74) is 0.454. The number of hydrogen-bond donors (Lipinski definition) is 4. The number of benzene rings is 3. The number of hydrogen-bond acceptors (Lipinski definition) is 6. The monoisotopic (exact) mass is 792 g/mol. The van der Waals surface area contributed by atoms with Gasteiger partial charge in [-0.2, -0.15) is 22.0 Å². The van der Waals surface area contributed by atoms with E-state index in [1.165, 1.54) is 69.5 Å². The predicted molar refractivity (Wildman–Crippen MR) is 183 cm³/mol. The van der Waals surface area contributed by atoms with Gasteiger partial charge in [0.25, 0.3) is 11.8 Å². The summed E-state index contributed by atoms with van der Waals surface area (Å²) < 4.78 is 72.6. The molecule has 0 bridgehead atoms. The van der Waals surface area contributed by atoms with Crippen LogP contribution in [0.25, 0.3) is 0 Å². The lowest BCUT2D eigenvalue weighted by Gasteiger charge is -2.28. The maximum atomic E-state index is 14.9. The Hall–Kier alpha value is -4.47. The molecule has 0 fully saturated rings. The van der Waals surface area contributed by atoms with Crippen LogP contribution in [0.5, 0.6) is 5.75 Å². The van der Waals surface area contributed by atoms with E-state index >= 15 is 0 Å². The van der Waals surface area contributed by atoms with Crippen molar-refractivity contribution in [2.75, 3.05) is 13.7 Å². The van der Waals surface area contributed by atoms with Crippen molar-refractivity contribution >= 4 is 64.2 Å². The molecule has 3 aromatic rings. The maximum Gasteiger partial charge on any atom is 0.405 e. The Morgan fingerprint density at radius 1 is 0.788 bits per heavy atom. The molecule has 3 rings (SSSR count). The van der Waals surface area contributed by atoms with Crippen molar-refractivity contribution in [3.63, 3.8) is 0 Å². The maximum absolute atomic E-state index is 14.9. The first-order chi connectivity index (χ1) is 24.2. The van der Waals surface area contributed by atoms with Crippen LogP contribution in [0.3, 0.4) is 0 Å². The normalized spacial score (nSPS) is 13.4. The Balaban J connectivity index is 1.99. The van der Waals surface area contributed by atoms with E-state index in [4.69, 9.17) is 39.5 Å². The van der Waals surface area contributed by atoms with Crippen molar-refractivity contribution in [3.05, 3.63) is 98.5 Å². The topological polar surface area (TPSA) is 143 Å². The molecule has 4 amide bonds. The second-order valence-electron chi connectivity index (χ2n) is 11.7. The molecular weight excluding hydrogens is 762 g/mol. The number of halogens is 8. The van der Waals surface area contributed by atoms with Gasteiger partial charge < -0.3 is 26.0 Å². The summed E-state index contributed by atoms with van der Waals surface area (Å²) in [7, 11) is 1.36. The molecule has 0 saturated heterocycles. The van der Waals surface area contributed by atoms with Crippen molar-refractivity contribution in [3.8, 4) is 5.75 Å². The smallest absolute Gasteiger partial charge is 0.405 e. The molecule has 18 heteroatoms. The summed E-state index contributed by atoms with van der Waals surface area (Å²) in [5, 5.41) is 8.58. The number of ketones is 1. The van der Waals surface area contributed by atoms with Gasteiger partial charge in [0.2, 0.25) is 17.6 Å². The molecule has 280 valence electrons. The first-order valence-corrected chi connectivity index (χ1v) is 16.4. The second kappa shape index (κ2) is 17.8. The van der Waals surface area contributed by atoms with Gasteiger partial charge in [0.15, 0.2) is 0 Å². The first-order valence-electron chi connectivity index (χ1n) is 15.3. The molecule has 0 saturated carbocycles. The fourth-order valence-corrected chi connectivity index (χ4v) is 5.31. The van der Waals surface area contributed by atoms with Crippen LogP contribution in [0.1, 0.15) is 41.4 Å². The molecule has 10 nitrogen and oxygen atoms in total. The van der Waals surface area contributed by atoms with Crippen LogP contribution in [0.2, 0.25) is 15.1 Å². The van der Waals surface area contributed by atoms with Gasteiger partial charge in [-0.3, -0.25) is 24.0 Å². The zero-order valence-electron chi connectivity index (χ0n) is 27.5. The van der Waals surface area contributed by atoms with Crippen molar-refractivity contribution in [2.45, 2.75) is 50.5 Å². The lowest BCUT2D eigenvalue weighted by molar-refractivity contribution is -0.165. The van der Waals surface area contributed by atoms with E-state index in [0.29, 0.717) is 16.3 Å². The van der Waals surface area contributed by atoms with Crippen LogP contribution in [0.4, 0.5) is 22.0 Å². The number of methoxy groups -OCH3 is 1. The number of alkyl halides is 5. The van der Waals surface area contributed by atoms with E-state index < -0.39 is 72.1 Å². The van der Waals surface area contributed by atoms with E-state index in [-0.39, 0.29) is 27.6 Å². The Morgan fingerprint density at radius 2 is 1.42 bits per heavy atom. The molecule has 0 heterocycles. The number of Topliss-reactive ketones (excluding diaryl/α,β-unsaturated/α-hetero) is 1. The highest BCUT2D eigenvalue weighted by Gasteiger charge is 2.52. The van der Waals surface area contributed by atoms with Crippen molar-refractivity contribution in [2.24, 2.45) is 5.92 Å². The quantitative estimate of drug-likeness (QED) is 0.112. The third-order valence-electron chi connectivity index (χ3n) is 7.41. The first kappa shape index (κ1) is 41.9. The van der Waals surface area contributed by atoms with Crippen molar-refractivity contribution in [1.29, 1.82) is 0 Å². The highest BCUT2D eigenvalue weighted by Crippen LogP contribution is 2.25. The van der Waals surface area contributed by atoms with Crippen LogP contribution in [0.15, 0.2) is 66.7 Å². The summed E-state index contributed by atoms with van der Waals surface area (Å²) in [6.07, 6.45) is -5.23. The van der Waals surface area contributed by atoms with Crippen LogP contribution >= 0.6 is 34.8 Å². The largest absolute Gasteiger partial charge is 0.497 e. The summed E-state index contributed by atoms with van der Waals surface area (Å²) in [5.74, 6) is -13.5. The van der Waals surface area contributed by atoms with E-state index in [1.807, 2.05) is 0 Å². The van der Waals surface area contributed by atoms with Gasteiger partial charge in [-0.05, 0) is 59.5 Å². The summed E-state index contributed by atoms with van der Waals surface area (Å²) in [6, 6.07) is 10.6. The molecule has 0 aliphatic carbocycles. The highest BCUT2D eigenvalue weighted by atomic mass is 35.5. The molecular formula is C34H32Cl3F5N4O6. The standard InChI is InChI=1S/C34H32Cl3F5N4O6/c1-17(2)26(28(47)34(41,42)32(51)43-16-33(38,39)40)45-31(50)27(19-7-10-22(52-3)11-8-19)46-30(49)25(14-18-5-4-6-20(35)13-18)44-29(48)23-15-21(36)9-12-24(23)37/h4-13,15,17,25-27H,14,16H2,1-3H3,(H,43,51)(H,44,48)(H,45,50)(H,46,49)/t25?,26-,27?/m0/s1. The average molecular weight is 794 g/mol. The minimum absolute atomic E-state index is 0.00702. The van der Waals surface area contributed by atoms with Gasteiger partial charge in [-0.25, -0.2) is 0 Å². The SMILES string of the molecule is COc1ccc(C(NC(=O)C(Cc2cccc(Cl)c2)NC(=O)c2cc(Cl)ccc2Cl)C(=O)N[C@H](C(=O)C(F)(F)C(=O)NCC(F)(F)F)C(C)C)cc1. The molecule has 2 unspecified atom stereocenters. The zero-order chi connectivity index (χ0) is 39.0. The average Bonchev–Trinajstić information content (AvgIpc) is 3.08. The molecule has 0 aromatic heterocycles. The fraction of sp³-hybridized carbons (Fsp3) is 0.324. The number of rotatable bonds is 15. The molecule has 3 atom stereocenters. The van der Waals surface area contributed by atoms with Gasteiger partial charge in [0, 0.05) is 16.5 Å². The molecule has 52 heavy (non-hydrogen) atoms. The van der Waals surface area contributed by atoms with Gasteiger partial charge in [0.05, 0.1) is 23.7 Å². The minimum Gasteiger partial charge on any atom is -0.497 e. The fourth-order valence-electron chi connectivity index (χ4n) is 4.73. The number of carbonyl (C=O) groups is 5. The van der Waals surface area contributed by atoms with E-state index in [1.54, 1.807) is 18.2 Å². The Morgan fingerprint density at radius 3 is 2.00 bits per heavy atom. The predicted octanol–water partition coefficient (Wildman–Crippen LogP) is 5.88. The summed E-state index contributed by atoms with van der Waals surface area (Å²) in [4.78, 5) is 66.0. The van der Waals surface area contributed by atoms with E-state index in [2.05, 4.69) is 16.0 Å². The van der Waals surface area contributed by atoms with Crippen molar-refractivity contribution < 1.29 is 50.7 Å². The minimum atomic E-state index is -5.05. The Bertz CT molecular complexity index is 1790. The lowest BCUT2D eigenvalue weighted by Crippen LogP contribution is -2.58. The summed E-state index contributed by atoms with van der Waals surface area (Å²) in [6.45, 7) is 0.353. The van der Waals surface area contributed by atoms with E-state index in [9.17, 15) is 45.9 Å². The highest BCUT2D eigenvalue weighted by molar-refractivity contribution is 6.35. The van der Waals surface area contributed by atoms with Gasteiger partial charge >= 0.3 is 12.1 Å². The van der Waals surface area contributed by atoms with Crippen LogP contribution in [-0.2, 0) is 25.6 Å². The lowest BCUT2D eigenvalue weighted by atomic mass is 9.94. The van der Waals surface area contributed by atoms with Crippen LogP contribution in [0, 0.1) is 5.92 Å². The zero-order valence-corrected chi connectivity index (χ0v) is 29.8. The molecule has 4 N–H and O–H groups in total. The number of amides is 4. The van der Waals surface area contributed by atoms with Crippen LogP contribution in [-0.4, -0.2) is 67.2 Å². The molecule has 3 aromatic carbocycles. The molecule has 0 spiro atoms. The number of ether oxygens (including phenoxy) is 1. The van der Waals surface area contributed by atoms with Crippen LogP contribution < -0.4 is 26.0 Å². The van der Waals surface area contributed by atoms with E-state index in [0.717, 1.165) is 5.32 Å². The Labute approximate surface area is 309 Å². The number of carbonyl (C=O) groups excluding carboxylic acids is 5. The Kier molecular flexibility index (Phi) is 14.4. The molecule has 0 aliphatic heterocycles. The number of nitrogens with one attached hydrogen (secondary N) is 4. The van der Waals surface area contributed by atoms with Gasteiger partial charge in [0.1, 0.15) is 24.4 Å². The van der Waals surface area contributed by atoms with Gasteiger partial charge in [-0.15, -0.1) is 0 Å². The molecule has 0 radical (unpaired) electrons. The third-order valence-corrected chi connectivity index (χ3v) is 8.21. The summed E-state index contributed by atoms with van der Waals surface area (Å²) >= 11 is 18.4. The second-order valence-corrected chi connectivity index (χ2v) is 12.9. The third kappa shape index (κ3) is 11.5. The molecule has 0 aliphatic rings.